The molecule has 0 aliphatic carbocycles. The molecular formula is C23H39NO3. The summed E-state index contributed by atoms with van der Waals surface area (Å²) >= 11 is 0. The number of methoxy groups -OCH3 is 1. The average Bonchev–Trinajstić information content (AvgIpc) is 2.65. The van der Waals surface area contributed by atoms with E-state index in [1.54, 1.807) is 7.11 Å². The Hall–Kier alpha value is -1.55. The molecule has 154 valence electrons. The number of benzene rings is 1. The van der Waals surface area contributed by atoms with Gasteiger partial charge in [0.25, 0.3) is 0 Å². The maximum atomic E-state index is 10.5. The third-order valence-electron chi connectivity index (χ3n) is 5.57. The summed E-state index contributed by atoms with van der Waals surface area (Å²) in [5, 5.41) is 12.4. The molecule has 1 aromatic carbocycles. The van der Waals surface area contributed by atoms with E-state index in [0.717, 1.165) is 38.0 Å². The third-order valence-corrected chi connectivity index (χ3v) is 5.57. The van der Waals surface area contributed by atoms with Gasteiger partial charge in [-0.05, 0) is 62.9 Å². The lowest BCUT2D eigenvalue weighted by molar-refractivity contribution is -0.137. The number of unbranched alkanes of at least 4 members (excludes halogenated alkanes) is 7. The van der Waals surface area contributed by atoms with E-state index in [1.165, 1.54) is 43.2 Å². The Kier molecular flexibility index (Phi) is 11.1. The standard InChI is InChI=1S/C23H39NO3/c1-5-23(3,21-16-15-20(27-4)18-19(21)2)24-17-13-11-9-7-6-8-10-12-14-22(25)26/h15-16,18,24H,5-14,17H2,1-4H3,(H,25,26). The van der Waals surface area contributed by atoms with Gasteiger partial charge in [-0.25, -0.2) is 0 Å². The van der Waals surface area contributed by atoms with Crippen molar-refractivity contribution in [3.05, 3.63) is 29.3 Å². The smallest absolute Gasteiger partial charge is 0.303 e. The van der Waals surface area contributed by atoms with E-state index in [2.05, 4.69) is 38.2 Å². The molecule has 1 atom stereocenters. The molecule has 1 rings (SSSR count). The molecular weight excluding hydrogens is 338 g/mol. The number of hydrogen-bond donors (Lipinski definition) is 2. The van der Waals surface area contributed by atoms with Crippen LogP contribution in [-0.2, 0) is 10.3 Å². The van der Waals surface area contributed by atoms with Crippen LogP contribution in [0.4, 0.5) is 0 Å². The number of nitrogens with one attached hydrogen (secondary N) is 1. The summed E-state index contributed by atoms with van der Waals surface area (Å²) in [4.78, 5) is 10.5. The van der Waals surface area contributed by atoms with Gasteiger partial charge in [0.2, 0.25) is 0 Å². The van der Waals surface area contributed by atoms with Gasteiger partial charge in [-0.2, -0.15) is 0 Å². The van der Waals surface area contributed by atoms with Crippen LogP contribution in [-0.4, -0.2) is 24.7 Å². The van der Waals surface area contributed by atoms with Crippen LogP contribution in [0.25, 0.3) is 0 Å². The molecule has 4 heteroatoms. The maximum Gasteiger partial charge on any atom is 0.303 e. The van der Waals surface area contributed by atoms with Crippen LogP contribution in [0.5, 0.6) is 5.75 Å². The number of carbonyl (C=O) groups is 1. The number of ether oxygens (including phenoxy) is 1. The highest BCUT2D eigenvalue weighted by Crippen LogP contribution is 2.29. The number of carboxylic acids is 1. The molecule has 1 aromatic rings. The minimum absolute atomic E-state index is 0.000492. The largest absolute Gasteiger partial charge is 0.497 e. The zero-order valence-electron chi connectivity index (χ0n) is 17.8. The lowest BCUT2D eigenvalue weighted by atomic mass is 9.86. The Labute approximate surface area is 165 Å². The van der Waals surface area contributed by atoms with Crippen molar-refractivity contribution in [3.8, 4) is 5.75 Å². The van der Waals surface area contributed by atoms with Gasteiger partial charge in [-0.3, -0.25) is 4.79 Å². The molecule has 0 heterocycles. The highest BCUT2D eigenvalue weighted by Gasteiger charge is 2.25. The minimum Gasteiger partial charge on any atom is -0.497 e. The van der Waals surface area contributed by atoms with Crippen LogP contribution in [0.2, 0.25) is 0 Å². The van der Waals surface area contributed by atoms with Crippen molar-refractivity contribution in [1.82, 2.24) is 5.32 Å². The molecule has 0 fully saturated rings. The van der Waals surface area contributed by atoms with Gasteiger partial charge in [-0.15, -0.1) is 0 Å². The van der Waals surface area contributed by atoms with Crippen molar-refractivity contribution >= 4 is 5.97 Å². The van der Waals surface area contributed by atoms with E-state index in [1.807, 2.05) is 6.07 Å². The zero-order chi connectivity index (χ0) is 20.1. The van der Waals surface area contributed by atoms with Gasteiger partial charge in [0.05, 0.1) is 7.11 Å². The average molecular weight is 378 g/mol. The van der Waals surface area contributed by atoms with Gasteiger partial charge in [0, 0.05) is 12.0 Å². The summed E-state index contributed by atoms with van der Waals surface area (Å²) in [6.45, 7) is 7.72. The van der Waals surface area contributed by atoms with Gasteiger partial charge in [-0.1, -0.05) is 51.5 Å². The van der Waals surface area contributed by atoms with E-state index >= 15 is 0 Å². The first kappa shape index (κ1) is 23.5. The molecule has 0 aromatic heterocycles. The first-order valence-corrected chi connectivity index (χ1v) is 10.5. The second-order valence-corrected chi connectivity index (χ2v) is 7.77. The summed E-state index contributed by atoms with van der Waals surface area (Å²) in [5.74, 6) is 0.240. The van der Waals surface area contributed by atoms with Gasteiger partial charge in [0.1, 0.15) is 5.75 Å². The fourth-order valence-electron chi connectivity index (χ4n) is 3.62. The van der Waals surface area contributed by atoms with Gasteiger partial charge >= 0.3 is 5.97 Å². The summed E-state index contributed by atoms with van der Waals surface area (Å²) in [6, 6.07) is 6.35. The van der Waals surface area contributed by atoms with Crippen LogP contribution < -0.4 is 10.1 Å². The molecule has 0 aliphatic heterocycles. The first-order chi connectivity index (χ1) is 12.9. The molecule has 0 aliphatic rings. The lowest BCUT2D eigenvalue weighted by Gasteiger charge is -2.32. The normalized spacial score (nSPS) is 13.3. The van der Waals surface area contributed by atoms with Gasteiger partial charge < -0.3 is 15.2 Å². The van der Waals surface area contributed by atoms with Crippen molar-refractivity contribution in [2.75, 3.05) is 13.7 Å². The number of aryl methyl sites for hydroxylation is 1. The summed E-state index contributed by atoms with van der Waals surface area (Å²) in [5.41, 5.74) is 2.63. The SMILES string of the molecule is CCC(C)(NCCCCCCCCCCC(=O)O)c1ccc(OC)cc1C. The number of carboxylic acid groups (broad SMARTS) is 1. The van der Waals surface area contributed by atoms with Crippen LogP contribution >= 0.6 is 0 Å². The Bertz CT molecular complexity index is 559. The third kappa shape index (κ3) is 8.79. The predicted molar refractivity (Wildman–Crippen MR) is 113 cm³/mol. The number of hydrogen-bond acceptors (Lipinski definition) is 3. The lowest BCUT2D eigenvalue weighted by Crippen LogP contribution is -2.40. The van der Waals surface area contributed by atoms with E-state index in [9.17, 15) is 4.79 Å². The molecule has 2 N–H and O–H groups in total. The van der Waals surface area contributed by atoms with Crippen molar-refractivity contribution in [3.63, 3.8) is 0 Å². The quantitative estimate of drug-likeness (QED) is 0.378. The molecule has 0 bridgehead atoms. The van der Waals surface area contributed by atoms with E-state index in [4.69, 9.17) is 9.84 Å². The molecule has 0 spiro atoms. The Morgan fingerprint density at radius 1 is 1.07 bits per heavy atom. The summed E-state index contributed by atoms with van der Waals surface area (Å²) < 4.78 is 5.33. The Morgan fingerprint density at radius 2 is 1.67 bits per heavy atom. The molecule has 0 amide bonds. The number of aliphatic carboxylic acids is 1. The Morgan fingerprint density at radius 3 is 2.19 bits per heavy atom. The molecule has 4 nitrogen and oxygen atoms in total. The van der Waals surface area contributed by atoms with Crippen LogP contribution in [0.3, 0.4) is 0 Å². The molecule has 0 saturated heterocycles. The van der Waals surface area contributed by atoms with Crippen molar-refractivity contribution in [1.29, 1.82) is 0 Å². The fraction of sp³-hybridized carbons (Fsp3) is 0.696. The van der Waals surface area contributed by atoms with Crippen molar-refractivity contribution < 1.29 is 14.6 Å². The first-order valence-electron chi connectivity index (χ1n) is 10.5. The summed E-state index contributed by atoms with van der Waals surface area (Å²) in [6.07, 6.45) is 10.6. The van der Waals surface area contributed by atoms with E-state index in [-0.39, 0.29) is 5.54 Å². The zero-order valence-corrected chi connectivity index (χ0v) is 17.8. The fourth-order valence-corrected chi connectivity index (χ4v) is 3.62. The van der Waals surface area contributed by atoms with E-state index in [0.29, 0.717) is 6.42 Å². The molecule has 0 radical (unpaired) electrons. The van der Waals surface area contributed by atoms with E-state index < -0.39 is 5.97 Å². The van der Waals surface area contributed by atoms with Crippen molar-refractivity contribution in [2.45, 2.75) is 90.5 Å². The highest BCUT2D eigenvalue weighted by atomic mass is 16.5. The monoisotopic (exact) mass is 377 g/mol. The van der Waals surface area contributed by atoms with Crippen LogP contribution in [0, 0.1) is 6.92 Å². The van der Waals surface area contributed by atoms with Crippen molar-refractivity contribution in [2.24, 2.45) is 0 Å². The molecule has 0 saturated carbocycles. The topological polar surface area (TPSA) is 58.6 Å². The second kappa shape index (κ2) is 12.8. The summed E-state index contributed by atoms with van der Waals surface area (Å²) in [7, 11) is 1.71. The van der Waals surface area contributed by atoms with Crippen LogP contribution in [0.15, 0.2) is 18.2 Å². The molecule has 27 heavy (non-hydrogen) atoms. The highest BCUT2D eigenvalue weighted by molar-refractivity contribution is 5.66. The van der Waals surface area contributed by atoms with Crippen LogP contribution in [0.1, 0.15) is 89.2 Å². The Balaban J connectivity index is 2.23. The number of rotatable bonds is 15. The minimum atomic E-state index is -0.675. The predicted octanol–water partition coefficient (Wildman–Crippen LogP) is 5.81. The maximum absolute atomic E-state index is 10.5. The second-order valence-electron chi connectivity index (χ2n) is 7.77. The molecule has 1 unspecified atom stereocenters. The van der Waals surface area contributed by atoms with Gasteiger partial charge in [0.15, 0.2) is 0 Å².